The van der Waals surface area contributed by atoms with Gasteiger partial charge in [0.15, 0.2) is 0 Å². The second kappa shape index (κ2) is 15.7. The number of pyridine rings is 2. The molecule has 1 amide bonds. The van der Waals surface area contributed by atoms with Crippen molar-refractivity contribution < 1.29 is 19.4 Å². The highest BCUT2D eigenvalue weighted by molar-refractivity contribution is 6.39. The number of amides is 1. The van der Waals surface area contributed by atoms with Crippen LogP contribution in [0.25, 0.3) is 44.5 Å². The predicted molar refractivity (Wildman–Crippen MR) is 196 cm³/mol. The van der Waals surface area contributed by atoms with E-state index in [-0.39, 0.29) is 18.6 Å². The highest BCUT2D eigenvalue weighted by Crippen LogP contribution is 2.43. The molecule has 3 aromatic carbocycles. The van der Waals surface area contributed by atoms with Gasteiger partial charge in [0.25, 0.3) is 0 Å². The van der Waals surface area contributed by atoms with Gasteiger partial charge in [0.05, 0.1) is 52.8 Å². The maximum Gasteiger partial charge on any atom is 0.220 e. The number of rotatable bonds is 13. The Balaban J connectivity index is 1.29. The zero-order valence-electron chi connectivity index (χ0n) is 27.1. The fourth-order valence-corrected chi connectivity index (χ4v) is 7.07. The van der Waals surface area contributed by atoms with Gasteiger partial charge in [-0.1, -0.05) is 65.1 Å². The summed E-state index contributed by atoms with van der Waals surface area (Å²) in [5, 5.41) is 20.9. The summed E-state index contributed by atoms with van der Waals surface area (Å²) in [6.45, 7) is 2.25. The van der Waals surface area contributed by atoms with Gasteiger partial charge in [-0.2, -0.15) is 0 Å². The number of ether oxygens (including phenoxy) is 2. The number of methoxy groups -OCH3 is 2. The minimum atomic E-state index is 0.0327. The van der Waals surface area contributed by atoms with Gasteiger partial charge >= 0.3 is 0 Å². The number of aliphatic hydroxyl groups excluding tert-OH is 1. The highest BCUT2D eigenvalue weighted by atomic mass is 35.5. The summed E-state index contributed by atoms with van der Waals surface area (Å²) in [5.41, 5.74) is 6.65. The quantitative estimate of drug-likeness (QED) is 0.0956. The van der Waals surface area contributed by atoms with Gasteiger partial charge < -0.3 is 30.5 Å². The van der Waals surface area contributed by atoms with Crippen molar-refractivity contribution >= 4 is 51.6 Å². The minimum absolute atomic E-state index is 0.0327. The first-order valence-electron chi connectivity index (χ1n) is 15.9. The number of hydrogen-bond donors (Lipinski definition) is 4. The van der Waals surface area contributed by atoms with Gasteiger partial charge in [0, 0.05) is 83.6 Å². The predicted octanol–water partition coefficient (Wildman–Crippen LogP) is 7.06. The van der Waals surface area contributed by atoms with Gasteiger partial charge in [0.1, 0.15) is 11.5 Å². The normalized spacial score (nSPS) is 14.3. The maximum absolute atomic E-state index is 11.5. The Bertz CT molecular complexity index is 2010. The van der Waals surface area contributed by atoms with Crippen LogP contribution in [0.2, 0.25) is 15.1 Å². The number of aliphatic hydroxyl groups is 1. The van der Waals surface area contributed by atoms with E-state index in [0.29, 0.717) is 76.1 Å². The third-order valence-corrected chi connectivity index (χ3v) is 9.65. The van der Waals surface area contributed by atoms with E-state index in [2.05, 4.69) is 20.9 Å². The second-order valence-corrected chi connectivity index (χ2v) is 12.9. The SMILES string of the molecule is COc1cc(-c2nccc(-c3cccc(-c4ccc5c(OC)c(CNCCO)cc(Cl)c5n4)c3Cl)c2Cl)ccc1CNC[C@H]1CCC(=O)N1. The summed E-state index contributed by atoms with van der Waals surface area (Å²) in [6.07, 6.45) is 3.12. The van der Waals surface area contributed by atoms with Crippen molar-refractivity contribution in [2.24, 2.45) is 0 Å². The van der Waals surface area contributed by atoms with E-state index in [0.717, 1.165) is 45.2 Å². The summed E-state index contributed by atoms with van der Waals surface area (Å²) >= 11 is 20.9. The molecule has 1 fully saturated rings. The maximum atomic E-state index is 11.5. The molecule has 2 aromatic heterocycles. The van der Waals surface area contributed by atoms with Gasteiger partial charge in [0.2, 0.25) is 5.91 Å². The van der Waals surface area contributed by atoms with Crippen LogP contribution in [0.3, 0.4) is 0 Å². The fraction of sp³-hybridized carbons (Fsp3) is 0.270. The largest absolute Gasteiger partial charge is 0.496 e. The first-order valence-corrected chi connectivity index (χ1v) is 17.0. The molecule has 1 aliphatic heterocycles. The van der Waals surface area contributed by atoms with Crippen LogP contribution in [0.4, 0.5) is 0 Å². The number of carbonyl (C=O) groups is 1. The van der Waals surface area contributed by atoms with Gasteiger partial charge in [-0.05, 0) is 36.8 Å². The monoisotopic (exact) mass is 719 g/mol. The molecule has 0 unspecified atom stereocenters. The lowest BCUT2D eigenvalue weighted by Gasteiger charge is -2.16. The zero-order chi connectivity index (χ0) is 34.5. The van der Waals surface area contributed by atoms with E-state index in [1.807, 2.05) is 60.7 Å². The third kappa shape index (κ3) is 7.48. The number of nitrogens with zero attached hydrogens (tertiary/aromatic N) is 2. The summed E-state index contributed by atoms with van der Waals surface area (Å²) in [4.78, 5) is 21.0. The number of hydrogen-bond acceptors (Lipinski definition) is 8. The summed E-state index contributed by atoms with van der Waals surface area (Å²) < 4.78 is 11.5. The van der Waals surface area contributed by atoms with Crippen LogP contribution in [0.1, 0.15) is 24.0 Å². The Morgan fingerprint density at radius 3 is 2.47 bits per heavy atom. The molecule has 0 saturated carbocycles. The number of fused-ring (bicyclic) bond motifs is 1. The molecule has 1 aliphatic rings. The Labute approximate surface area is 299 Å². The molecule has 0 spiro atoms. The molecule has 0 aliphatic carbocycles. The number of halogens is 3. The van der Waals surface area contributed by atoms with Crippen LogP contribution in [-0.4, -0.2) is 60.9 Å². The Hall–Kier alpha value is -3.96. The molecule has 6 rings (SSSR count). The average Bonchev–Trinajstić information content (AvgIpc) is 3.53. The number of nitrogens with one attached hydrogen (secondary N) is 3. The van der Waals surface area contributed by atoms with Crippen LogP contribution in [0.15, 0.2) is 66.9 Å². The Morgan fingerprint density at radius 1 is 0.918 bits per heavy atom. The standard InChI is InChI=1S/C37H36Cl3N5O4/c1-48-31-17-21(6-7-22(31)18-42-20-24-8-11-32(47)44-24)35-34(40)26(12-13-43-35)25-4-3-5-27(33(25)39)30-10-9-28-36(45-30)29(38)16-23(37(28)49-2)19-41-14-15-46/h3-7,9-10,12-13,16-17,24,41-42,46H,8,11,14-15,18-20H2,1-2H3,(H,44,47)/t24-/m1/s1. The molecular weight excluding hydrogens is 685 g/mol. The topological polar surface area (TPSA) is 118 Å². The van der Waals surface area contributed by atoms with Crippen LogP contribution in [-0.2, 0) is 17.9 Å². The fourth-order valence-electron chi connectivity index (χ4n) is 6.15. The first kappa shape index (κ1) is 34.9. The Kier molecular flexibility index (Phi) is 11.2. The summed E-state index contributed by atoms with van der Waals surface area (Å²) in [6, 6.07) is 19.3. The molecule has 5 aromatic rings. The van der Waals surface area contributed by atoms with Crippen LogP contribution in [0.5, 0.6) is 11.5 Å². The van der Waals surface area contributed by atoms with E-state index in [4.69, 9.17) is 54.4 Å². The van der Waals surface area contributed by atoms with E-state index < -0.39 is 0 Å². The van der Waals surface area contributed by atoms with Crippen molar-refractivity contribution in [2.75, 3.05) is 33.9 Å². The number of carbonyl (C=O) groups excluding carboxylic acids is 1. The lowest BCUT2D eigenvalue weighted by atomic mass is 9.99. The van der Waals surface area contributed by atoms with Crippen LogP contribution in [0, 0.1) is 0 Å². The smallest absolute Gasteiger partial charge is 0.220 e. The van der Waals surface area contributed by atoms with Crippen molar-refractivity contribution in [1.82, 2.24) is 25.9 Å². The lowest BCUT2D eigenvalue weighted by molar-refractivity contribution is -0.119. The van der Waals surface area contributed by atoms with Crippen LogP contribution >= 0.6 is 34.8 Å². The molecule has 254 valence electrons. The van der Waals surface area contributed by atoms with E-state index in [1.54, 1.807) is 20.4 Å². The molecular formula is C37H36Cl3N5O4. The molecule has 1 saturated heterocycles. The van der Waals surface area contributed by atoms with E-state index >= 15 is 0 Å². The van der Waals surface area contributed by atoms with Gasteiger partial charge in [-0.15, -0.1) is 0 Å². The molecule has 3 heterocycles. The van der Waals surface area contributed by atoms with Gasteiger partial charge in [-0.25, -0.2) is 4.98 Å². The van der Waals surface area contributed by atoms with E-state index in [9.17, 15) is 4.79 Å². The lowest BCUT2D eigenvalue weighted by Crippen LogP contribution is -2.35. The number of aromatic nitrogens is 2. The highest BCUT2D eigenvalue weighted by Gasteiger charge is 2.21. The van der Waals surface area contributed by atoms with Gasteiger partial charge in [-0.3, -0.25) is 9.78 Å². The molecule has 49 heavy (non-hydrogen) atoms. The molecule has 4 N–H and O–H groups in total. The average molecular weight is 721 g/mol. The molecule has 12 heteroatoms. The second-order valence-electron chi connectivity index (χ2n) is 11.7. The molecule has 1 atom stereocenters. The van der Waals surface area contributed by atoms with Crippen molar-refractivity contribution in [1.29, 1.82) is 0 Å². The summed E-state index contributed by atoms with van der Waals surface area (Å²) in [7, 11) is 3.25. The van der Waals surface area contributed by atoms with Crippen molar-refractivity contribution in [3.05, 3.63) is 93.1 Å². The zero-order valence-corrected chi connectivity index (χ0v) is 29.3. The minimum Gasteiger partial charge on any atom is -0.496 e. The molecule has 0 bridgehead atoms. The first-order chi connectivity index (χ1) is 23.8. The Morgan fingerprint density at radius 2 is 1.71 bits per heavy atom. The van der Waals surface area contributed by atoms with Crippen molar-refractivity contribution in [3.63, 3.8) is 0 Å². The number of benzene rings is 3. The molecule has 9 nitrogen and oxygen atoms in total. The van der Waals surface area contributed by atoms with E-state index in [1.165, 1.54) is 0 Å². The van der Waals surface area contributed by atoms with Crippen molar-refractivity contribution in [3.8, 4) is 45.1 Å². The third-order valence-electron chi connectivity index (χ3n) is 8.57. The molecule has 0 radical (unpaired) electrons. The summed E-state index contributed by atoms with van der Waals surface area (Å²) in [5.74, 6) is 1.47. The van der Waals surface area contributed by atoms with Crippen molar-refractivity contribution in [2.45, 2.75) is 32.0 Å². The van der Waals surface area contributed by atoms with Crippen LogP contribution < -0.4 is 25.4 Å².